The van der Waals surface area contributed by atoms with E-state index in [0.717, 1.165) is 0 Å². The maximum Gasteiger partial charge on any atom is 0.309 e. The van der Waals surface area contributed by atoms with Crippen molar-refractivity contribution in [1.82, 2.24) is 4.31 Å². The Balaban J connectivity index is 2.17. The van der Waals surface area contributed by atoms with E-state index in [0.29, 0.717) is 19.4 Å². The fourth-order valence-electron chi connectivity index (χ4n) is 2.43. The van der Waals surface area contributed by atoms with Gasteiger partial charge in [0.15, 0.2) is 0 Å². The molecule has 1 aliphatic rings. The second-order valence-electron chi connectivity index (χ2n) is 5.13. The number of hydrogen-bond acceptors (Lipinski definition) is 4. The van der Waals surface area contributed by atoms with Gasteiger partial charge < -0.3 is 4.74 Å². The Morgan fingerprint density at radius 1 is 1.17 bits per heavy atom. The molecular formula is C14H16Cl3NO4S. The predicted octanol–water partition coefficient (Wildman–Crippen LogP) is 3.61. The van der Waals surface area contributed by atoms with Crippen LogP contribution in [0.4, 0.5) is 0 Å². The molecule has 0 atom stereocenters. The van der Waals surface area contributed by atoms with Crippen LogP contribution >= 0.6 is 34.8 Å². The Kier molecular flexibility index (Phi) is 6.19. The summed E-state index contributed by atoms with van der Waals surface area (Å²) >= 11 is 17.7. The van der Waals surface area contributed by atoms with E-state index in [1.807, 2.05) is 0 Å². The molecule has 0 bridgehead atoms. The van der Waals surface area contributed by atoms with Gasteiger partial charge in [0, 0.05) is 13.1 Å². The van der Waals surface area contributed by atoms with E-state index in [2.05, 4.69) is 0 Å². The summed E-state index contributed by atoms with van der Waals surface area (Å²) in [7, 11) is -3.79. The molecule has 0 amide bonds. The number of nitrogens with zero attached hydrogens (tertiary/aromatic N) is 1. The molecule has 1 saturated heterocycles. The lowest BCUT2D eigenvalue weighted by Crippen LogP contribution is -2.40. The van der Waals surface area contributed by atoms with Gasteiger partial charge in [0.2, 0.25) is 10.0 Å². The highest BCUT2D eigenvalue weighted by Gasteiger charge is 2.34. The number of rotatable bonds is 4. The van der Waals surface area contributed by atoms with Gasteiger partial charge in [-0.15, -0.1) is 0 Å². The lowest BCUT2D eigenvalue weighted by molar-refractivity contribution is -0.149. The summed E-state index contributed by atoms with van der Waals surface area (Å²) in [6.07, 6.45) is 0.827. The lowest BCUT2D eigenvalue weighted by Gasteiger charge is -2.30. The molecule has 5 nitrogen and oxygen atoms in total. The molecule has 9 heteroatoms. The maximum atomic E-state index is 12.7. The van der Waals surface area contributed by atoms with Gasteiger partial charge in [-0.05, 0) is 31.9 Å². The van der Waals surface area contributed by atoms with Crippen molar-refractivity contribution in [2.45, 2.75) is 24.7 Å². The fourth-order valence-corrected chi connectivity index (χ4v) is 4.88. The van der Waals surface area contributed by atoms with Gasteiger partial charge in [-0.1, -0.05) is 34.8 Å². The van der Waals surface area contributed by atoms with E-state index in [1.165, 1.54) is 16.4 Å². The zero-order valence-electron chi connectivity index (χ0n) is 12.4. The standard InChI is InChI=1S/C14H16Cl3NO4S/c1-2-22-14(19)9-3-5-18(6-4-9)23(20,21)13-8-11(16)10(15)7-12(13)17/h7-9H,2-6H2,1H3. The Morgan fingerprint density at radius 3 is 2.30 bits per heavy atom. The largest absolute Gasteiger partial charge is 0.466 e. The first-order valence-electron chi connectivity index (χ1n) is 7.08. The summed E-state index contributed by atoms with van der Waals surface area (Å²) in [5.41, 5.74) is 0. The third-order valence-electron chi connectivity index (χ3n) is 3.67. The maximum absolute atomic E-state index is 12.7. The highest BCUT2D eigenvalue weighted by atomic mass is 35.5. The molecule has 0 spiro atoms. The molecule has 0 unspecified atom stereocenters. The molecule has 1 heterocycles. The van der Waals surface area contributed by atoms with Crippen molar-refractivity contribution in [3.63, 3.8) is 0 Å². The molecule has 1 aliphatic heterocycles. The van der Waals surface area contributed by atoms with Crippen molar-refractivity contribution in [1.29, 1.82) is 0 Å². The summed E-state index contributed by atoms with van der Waals surface area (Å²) < 4.78 is 31.7. The summed E-state index contributed by atoms with van der Waals surface area (Å²) in [4.78, 5) is 11.6. The van der Waals surface area contributed by atoms with Gasteiger partial charge in [-0.25, -0.2) is 8.42 Å². The molecule has 0 aromatic heterocycles. The number of piperidine rings is 1. The van der Waals surface area contributed by atoms with E-state index in [9.17, 15) is 13.2 Å². The van der Waals surface area contributed by atoms with Crippen LogP contribution in [0.15, 0.2) is 17.0 Å². The van der Waals surface area contributed by atoms with Crippen LogP contribution in [-0.2, 0) is 19.6 Å². The second-order valence-corrected chi connectivity index (χ2v) is 8.26. The first-order valence-corrected chi connectivity index (χ1v) is 9.66. The number of carbonyl (C=O) groups excluding carboxylic acids is 1. The molecule has 0 aliphatic carbocycles. The van der Waals surface area contributed by atoms with Crippen molar-refractivity contribution < 1.29 is 17.9 Å². The molecule has 0 radical (unpaired) electrons. The SMILES string of the molecule is CCOC(=O)C1CCN(S(=O)(=O)c2cc(Cl)c(Cl)cc2Cl)CC1. The molecule has 1 aromatic carbocycles. The van der Waals surface area contributed by atoms with Crippen LogP contribution in [0.5, 0.6) is 0 Å². The second kappa shape index (κ2) is 7.57. The Morgan fingerprint density at radius 2 is 1.74 bits per heavy atom. The normalized spacial score (nSPS) is 17.2. The molecule has 0 N–H and O–H groups in total. The van der Waals surface area contributed by atoms with Gasteiger partial charge in [-0.3, -0.25) is 4.79 Å². The van der Waals surface area contributed by atoms with E-state index in [-0.39, 0.29) is 44.9 Å². The third-order valence-corrected chi connectivity index (χ3v) is 6.75. The van der Waals surface area contributed by atoms with Crippen LogP contribution < -0.4 is 0 Å². The number of benzene rings is 1. The number of halogens is 3. The number of hydrogen-bond donors (Lipinski definition) is 0. The van der Waals surface area contributed by atoms with Crippen LogP contribution in [0, 0.1) is 5.92 Å². The van der Waals surface area contributed by atoms with Gasteiger partial charge in [0.1, 0.15) is 4.90 Å². The summed E-state index contributed by atoms with van der Waals surface area (Å²) in [6, 6.07) is 2.56. The minimum absolute atomic E-state index is 0.0203. The smallest absolute Gasteiger partial charge is 0.309 e. The Bertz CT molecular complexity index is 700. The molecule has 0 saturated carbocycles. The molecule has 23 heavy (non-hydrogen) atoms. The van der Waals surface area contributed by atoms with Crippen LogP contribution in [-0.4, -0.2) is 38.4 Å². The van der Waals surface area contributed by atoms with Gasteiger partial charge in [-0.2, -0.15) is 4.31 Å². The highest BCUT2D eigenvalue weighted by molar-refractivity contribution is 7.89. The molecule has 1 aromatic rings. The van der Waals surface area contributed by atoms with Crippen molar-refractivity contribution >= 4 is 50.8 Å². The van der Waals surface area contributed by atoms with Gasteiger partial charge in [0.05, 0.1) is 27.6 Å². The first kappa shape index (κ1) is 18.8. The minimum atomic E-state index is -3.79. The van der Waals surface area contributed by atoms with Crippen molar-refractivity contribution in [2.75, 3.05) is 19.7 Å². The van der Waals surface area contributed by atoms with Crippen LogP contribution in [0.2, 0.25) is 15.1 Å². The van der Waals surface area contributed by atoms with Gasteiger partial charge in [0.25, 0.3) is 0 Å². The average Bonchev–Trinajstić information content (AvgIpc) is 2.51. The number of sulfonamides is 1. The van der Waals surface area contributed by atoms with E-state index in [1.54, 1.807) is 6.92 Å². The van der Waals surface area contributed by atoms with Crippen LogP contribution in [0.25, 0.3) is 0 Å². The topological polar surface area (TPSA) is 63.7 Å². The fraction of sp³-hybridized carbons (Fsp3) is 0.500. The van der Waals surface area contributed by atoms with Crippen molar-refractivity contribution in [3.05, 3.63) is 27.2 Å². The molecule has 1 fully saturated rings. The van der Waals surface area contributed by atoms with Crippen molar-refractivity contribution in [2.24, 2.45) is 5.92 Å². The van der Waals surface area contributed by atoms with E-state index >= 15 is 0 Å². The molecule has 2 rings (SSSR count). The first-order chi connectivity index (χ1) is 10.8. The minimum Gasteiger partial charge on any atom is -0.466 e. The van der Waals surface area contributed by atoms with Gasteiger partial charge >= 0.3 is 5.97 Å². The summed E-state index contributed by atoms with van der Waals surface area (Å²) in [6.45, 7) is 2.50. The van der Waals surface area contributed by atoms with Crippen LogP contribution in [0.3, 0.4) is 0 Å². The van der Waals surface area contributed by atoms with Crippen LogP contribution in [0.1, 0.15) is 19.8 Å². The summed E-state index contributed by atoms with van der Waals surface area (Å²) in [5.74, 6) is -0.553. The monoisotopic (exact) mass is 399 g/mol. The quantitative estimate of drug-likeness (QED) is 0.572. The third kappa shape index (κ3) is 4.12. The average molecular weight is 401 g/mol. The van der Waals surface area contributed by atoms with Crippen molar-refractivity contribution in [3.8, 4) is 0 Å². The Labute approximate surface area is 150 Å². The van der Waals surface area contributed by atoms with E-state index < -0.39 is 10.0 Å². The molecule has 128 valence electrons. The predicted molar refractivity (Wildman–Crippen MR) is 89.6 cm³/mol. The van der Waals surface area contributed by atoms with E-state index in [4.69, 9.17) is 39.5 Å². The zero-order chi connectivity index (χ0) is 17.2. The Hall–Kier alpha value is -0.530. The number of carbonyl (C=O) groups is 1. The summed E-state index contributed by atoms with van der Waals surface area (Å²) in [5, 5.41) is 0.333. The molecular weight excluding hydrogens is 385 g/mol. The number of ether oxygens (including phenoxy) is 1. The highest BCUT2D eigenvalue weighted by Crippen LogP contribution is 2.34. The number of esters is 1. The lowest BCUT2D eigenvalue weighted by atomic mass is 9.98. The zero-order valence-corrected chi connectivity index (χ0v) is 15.5.